The Morgan fingerprint density at radius 1 is 1.12 bits per heavy atom. The normalized spacial score (nSPS) is 31.5. The predicted molar refractivity (Wildman–Crippen MR) is 34.4 cm³/mol. The van der Waals surface area contributed by atoms with Crippen molar-refractivity contribution in [1.82, 2.24) is 0 Å². The van der Waals surface area contributed by atoms with Gasteiger partial charge in [-0.25, -0.2) is 0 Å². The summed E-state index contributed by atoms with van der Waals surface area (Å²) in [4.78, 5) is 0. The number of hydrogen-bond acceptors (Lipinski definition) is 0. The molecule has 2 saturated carbocycles. The van der Waals surface area contributed by atoms with Crippen LogP contribution in [0.15, 0.2) is 0 Å². The highest BCUT2D eigenvalue weighted by Gasteiger charge is 2.32. The number of hydrogen-bond donors (Lipinski definition) is 0. The highest BCUT2D eigenvalue weighted by Crippen LogP contribution is 2.43. The van der Waals surface area contributed by atoms with Crippen molar-refractivity contribution in [3.05, 3.63) is 6.42 Å². The van der Waals surface area contributed by atoms with Crippen molar-refractivity contribution in [1.29, 1.82) is 0 Å². The zero-order chi connectivity index (χ0) is 5.40. The summed E-state index contributed by atoms with van der Waals surface area (Å²) in [6, 6.07) is 0. The second kappa shape index (κ2) is 1.75. The van der Waals surface area contributed by atoms with E-state index in [2.05, 4.69) is 6.42 Å². The van der Waals surface area contributed by atoms with Crippen LogP contribution in [0.25, 0.3) is 0 Å². The molecule has 45 valence electrons. The van der Waals surface area contributed by atoms with Crippen LogP contribution in [-0.4, -0.2) is 0 Å². The van der Waals surface area contributed by atoms with E-state index in [0.29, 0.717) is 0 Å². The fraction of sp³-hybridized carbons (Fsp3) is 0.875. The average molecular weight is 109 g/mol. The second-order valence-electron chi connectivity index (χ2n) is 3.18. The van der Waals surface area contributed by atoms with Gasteiger partial charge in [0.2, 0.25) is 0 Å². The molecule has 2 aliphatic rings. The monoisotopic (exact) mass is 109 g/mol. The molecule has 2 aliphatic carbocycles. The molecule has 0 aliphatic heterocycles. The van der Waals surface area contributed by atoms with Gasteiger partial charge in [0.05, 0.1) is 0 Å². The lowest BCUT2D eigenvalue weighted by atomic mass is 10.0. The van der Waals surface area contributed by atoms with Gasteiger partial charge in [0.1, 0.15) is 0 Å². The second-order valence-corrected chi connectivity index (χ2v) is 3.18. The highest BCUT2D eigenvalue weighted by atomic mass is 14.4. The van der Waals surface area contributed by atoms with Crippen LogP contribution in [0.1, 0.15) is 32.1 Å². The van der Waals surface area contributed by atoms with Crippen molar-refractivity contribution >= 4 is 0 Å². The minimum Gasteiger partial charge on any atom is -0.0530 e. The lowest BCUT2D eigenvalue weighted by Gasteiger charge is -2.02. The molecule has 0 nitrogen and oxygen atoms in total. The highest BCUT2D eigenvalue weighted by molar-refractivity contribution is 4.99. The predicted octanol–water partition coefficient (Wildman–Crippen LogP) is 2.40. The molecule has 0 aromatic rings. The summed E-state index contributed by atoms with van der Waals surface area (Å²) >= 11 is 0. The van der Waals surface area contributed by atoms with Crippen molar-refractivity contribution in [2.45, 2.75) is 32.1 Å². The molecule has 0 saturated heterocycles. The zero-order valence-corrected chi connectivity index (χ0v) is 5.27. The van der Waals surface area contributed by atoms with E-state index in [1.165, 1.54) is 32.1 Å². The molecule has 0 heteroatoms. The van der Waals surface area contributed by atoms with Crippen LogP contribution in [0.5, 0.6) is 0 Å². The summed E-state index contributed by atoms with van der Waals surface area (Å²) in [6.45, 7) is 0. The average Bonchev–Trinajstić information content (AvgIpc) is 2.49. The molecule has 0 N–H and O–H groups in total. The Bertz CT molecular complexity index is 76.0. The van der Waals surface area contributed by atoms with E-state index in [-0.39, 0.29) is 0 Å². The van der Waals surface area contributed by atoms with Crippen molar-refractivity contribution in [3.8, 4) is 0 Å². The zero-order valence-electron chi connectivity index (χ0n) is 5.27. The van der Waals surface area contributed by atoms with Crippen LogP contribution in [0.4, 0.5) is 0 Å². The van der Waals surface area contributed by atoms with E-state index in [1.54, 1.807) is 0 Å². The molecule has 0 aromatic heterocycles. The van der Waals surface area contributed by atoms with Gasteiger partial charge in [0, 0.05) is 0 Å². The number of rotatable bonds is 1. The van der Waals surface area contributed by atoms with Crippen LogP contribution in [0, 0.1) is 18.3 Å². The first kappa shape index (κ1) is 4.84. The maximum absolute atomic E-state index is 2.47. The summed E-state index contributed by atoms with van der Waals surface area (Å²) in [7, 11) is 0. The largest absolute Gasteiger partial charge is 0.0530 e. The third kappa shape index (κ3) is 0.765. The van der Waals surface area contributed by atoms with Gasteiger partial charge in [-0.1, -0.05) is 25.7 Å². The third-order valence-corrected chi connectivity index (χ3v) is 2.51. The Labute approximate surface area is 51.3 Å². The Morgan fingerprint density at radius 3 is 2.25 bits per heavy atom. The SMILES string of the molecule is [CH]1CC1C1CCCC1. The molecule has 0 aromatic carbocycles. The van der Waals surface area contributed by atoms with E-state index in [0.717, 1.165) is 11.8 Å². The molecule has 0 bridgehead atoms. The molecule has 0 spiro atoms. The maximum atomic E-state index is 2.47. The van der Waals surface area contributed by atoms with Gasteiger partial charge in [-0.2, -0.15) is 0 Å². The maximum Gasteiger partial charge on any atom is -0.0349 e. The molecule has 1 unspecified atom stereocenters. The summed E-state index contributed by atoms with van der Waals surface area (Å²) < 4.78 is 0. The van der Waals surface area contributed by atoms with Crippen LogP contribution in [0.2, 0.25) is 0 Å². The van der Waals surface area contributed by atoms with Crippen LogP contribution >= 0.6 is 0 Å². The molecule has 8 heavy (non-hydrogen) atoms. The Hall–Kier alpha value is 0. The minimum atomic E-state index is 1.07. The summed E-state index contributed by atoms with van der Waals surface area (Å²) in [5.41, 5.74) is 0. The smallest absolute Gasteiger partial charge is 0.0349 e. The van der Waals surface area contributed by atoms with Crippen LogP contribution in [-0.2, 0) is 0 Å². The van der Waals surface area contributed by atoms with Gasteiger partial charge in [-0.15, -0.1) is 0 Å². The molecular formula is C8H13. The topological polar surface area (TPSA) is 0 Å². The fourth-order valence-corrected chi connectivity index (χ4v) is 1.85. The summed E-state index contributed by atoms with van der Waals surface area (Å²) in [6.07, 6.45) is 9.98. The Kier molecular flexibility index (Phi) is 1.06. The van der Waals surface area contributed by atoms with Crippen molar-refractivity contribution in [2.24, 2.45) is 11.8 Å². The quantitative estimate of drug-likeness (QED) is 0.485. The Morgan fingerprint density at radius 2 is 1.75 bits per heavy atom. The van der Waals surface area contributed by atoms with Gasteiger partial charge in [0.25, 0.3) is 0 Å². The third-order valence-electron chi connectivity index (χ3n) is 2.51. The van der Waals surface area contributed by atoms with Crippen LogP contribution < -0.4 is 0 Å². The summed E-state index contributed by atoms with van der Waals surface area (Å²) in [5.74, 6) is 2.19. The lowest BCUT2D eigenvalue weighted by molar-refractivity contribution is 0.492. The molecule has 0 heterocycles. The minimum absolute atomic E-state index is 1.07. The molecule has 2 fully saturated rings. The molecule has 1 radical (unpaired) electrons. The van der Waals surface area contributed by atoms with Gasteiger partial charge >= 0.3 is 0 Å². The van der Waals surface area contributed by atoms with Gasteiger partial charge in [-0.3, -0.25) is 0 Å². The molecule has 1 atom stereocenters. The van der Waals surface area contributed by atoms with Crippen molar-refractivity contribution in [3.63, 3.8) is 0 Å². The van der Waals surface area contributed by atoms with E-state index >= 15 is 0 Å². The molecule has 2 rings (SSSR count). The van der Waals surface area contributed by atoms with Crippen molar-refractivity contribution in [2.75, 3.05) is 0 Å². The van der Waals surface area contributed by atoms with Crippen molar-refractivity contribution < 1.29 is 0 Å². The fourth-order valence-electron chi connectivity index (χ4n) is 1.85. The van der Waals surface area contributed by atoms with E-state index in [9.17, 15) is 0 Å². The lowest BCUT2D eigenvalue weighted by Crippen LogP contribution is -1.93. The van der Waals surface area contributed by atoms with Gasteiger partial charge in [-0.05, 0) is 24.7 Å². The molecule has 0 amide bonds. The van der Waals surface area contributed by atoms with E-state index < -0.39 is 0 Å². The van der Waals surface area contributed by atoms with Crippen LogP contribution in [0.3, 0.4) is 0 Å². The first-order valence-corrected chi connectivity index (χ1v) is 3.80. The summed E-state index contributed by atoms with van der Waals surface area (Å²) in [5, 5.41) is 0. The Balaban J connectivity index is 1.86. The standard InChI is InChI=1S/C8H13/c1-2-4-7(3-1)8-5-6-8/h5,7-8H,1-4,6H2. The molecular weight excluding hydrogens is 96.1 g/mol. The van der Waals surface area contributed by atoms with Gasteiger partial charge < -0.3 is 0 Å². The first-order chi connectivity index (χ1) is 3.97. The van der Waals surface area contributed by atoms with E-state index in [1.807, 2.05) is 0 Å². The first-order valence-electron chi connectivity index (χ1n) is 3.80. The van der Waals surface area contributed by atoms with E-state index in [4.69, 9.17) is 0 Å². The van der Waals surface area contributed by atoms with Gasteiger partial charge in [0.15, 0.2) is 0 Å².